The molecule has 1 N–H and O–H groups in total. The molecular formula is C14H10N4O2. The highest BCUT2D eigenvalue weighted by atomic mass is 16.4. The van der Waals surface area contributed by atoms with Gasteiger partial charge in [0.2, 0.25) is 0 Å². The normalized spacial score (nSPS) is 10.4. The fraction of sp³-hybridized carbons (Fsp3) is 0. The number of aromatic nitrogens is 4. The van der Waals surface area contributed by atoms with Crippen LogP contribution in [0.15, 0.2) is 55.2 Å². The third-order valence-corrected chi connectivity index (χ3v) is 2.80. The van der Waals surface area contributed by atoms with Crippen LogP contribution in [0.2, 0.25) is 0 Å². The summed E-state index contributed by atoms with van der Waals surface area (Å²) in [6, 6.07) is 6.58. The average Bonchev–Trinajstić information content (AvgIpc) is 2.98. The van der Waals surface area contributed by atoms with E-state index in [9.17, 15) is 4.79 Å². The van der Waals surface area contributed by atoms with Crippen molar-refractivity contribution in [2.75, 3.05) is 0 Å². The van der Waals surface area contributed by atoms with E-state index >= 15 is 0 Å². The lowest BCUT2D eigenvalue weighted by molar-refractivity contribution is 0.0697. The van der Waals surface area contributed by atoms with Gasteiger partial charge in [0, 0.05) is 24.2 Å². The molecule has 0 radical (unpaired) electrons. The number of carboxylic acids is 1. The minimum absolute atomic E-state index is 0.221. The summed E-state index contributed by atoms with van der Waals surface area (Å²) in [5.74, 6) is -0.965. The van der Waals surface area contributed by atoms with Crippen molar-refractivity contribution in [1.29, 1.82) is 0 Å². The lowest BCUT2D eigenvalue weighted by atomic mass is 10.2. The number of carboxylic acid groups (broad SMARTS) is 1. The van der Waals surface area contributed by atoms with Crippen LogP contribution in [0, 0.1) is 0 Å². The molecule has 6 nitrogen and oxygen atoms in total. The maximum atomic E-state index is 11.0. The molecule has 0 fully saturated rings. The summed E-state index contributed by atoms with van der Waals surface area (Å²) in [5.41, 5.74) is 2.44. The number of hydrogen-bond donors (Lipinski definition) is 1. The third kappa shape index (κ3) is 2.26. The zero-order chi connectivity index (χ0) is 13.9. The van der Waals surface area contributed by atoms with Crippen LogP contribution in [0.5, 0.6) is 0 Å². The SMILES string of the molecule is O=C(O)c1cccc(-n2cc(-c3cnccn3)cn2)c1. The molecule has 0 aliphatic rings. The molecule has 0 bridgehead atoms. The maximum Gasteiger partial charge on any atom is 0.335 e. The Kier molecular flexibility index (Phi) is 2.96. The van der Waals surface area contributed by atoms with Crippen molar-refractivity contribution in [2.24, 2.45) is 0 Å². The first-order chi connectivity index (χ1) is 9.74. The van der Waals surface area contributed by atoms with E-state index in [1.54, 1.807) is 59.9 Å². The first-order valence-electron chi connectivity index (χ1n) is 5.89. The van der Waals surface area contributed by atoms with Crippen LogP contribution in [0.1, 0.15) is 10.4 Å². The van der Waals surface area contributed by atoms with Gasteiger partial charge in [0.05, 0.1) is 29.3 Å². The Labute approximate surface area is 114 Å². The fourth-order valence-electron chi connectivity index (χ4n) is 1.83. The van der Waals surface area contributed by atoms with E-state index in [-0.39, 0.29) is 5.56 Å². The van der Waals surface area contributed by atoms with E-state index in [0.29, 0.717) is 11.4 Å². The van der Waals surface area contributed by atoms with Crippen molar-refractivity contribution in [3.8, 4) is 16.9 Å². The van der Waals surface area contributed by atoms with Gasteiger partial charge in [-0.05, 0) is 18.2 Å². The Balaban J connectivity index is 1.98. The molecule has 0 saturated carbocycles. The number of nitrogens with zero attached hydrogens (tertiary/aromatic N) is 4. The minimum Gasteiger partial charge on any atom is -0.478 e. The van der Waals surface area contributed by atoms with Gasteiger partial charge in [0.1, 0.15) is 0 Å². The number of benzene rings is 1. The molecule has 0 amide bonds. The molecule has 0 unspecified atom stereocenters. The van der Waals surface area contributed by atoms with Gasteiger partial charge in [-0.25, -0.2) is 9.48 Å². The molecule has 0 spiro atoms. The highest BCUT2D eigenvalue weighted by Crippen LogP contribution is 2.17. The molecule has 2 aromatic heterocycles. The minimum atomic E-state index is -0.965. The van der Waals surface area contributed by atoms with Gasteiger partial charge in [-0.2, -0.15) is 5.10 Å². The van der Waals surface area contributed by atoms with Crippen molar-refractivity contribution < 1.29 is 9.90 Å². The van der Waals surface area contributed by atoms with Crippen molar-refractivity contribution in [3.63, 3.8) is 0 Å². The van der Waals surface area contributed by atoms with E-state index < -0.39 is 5.97 Å². The van der Waals surface area contributed by atoms with E-state index in [1.165, 1.54) is 0 Å². The fourth-order valence-corrected chi connectivity index (χ4v) is 1.83. The van der Waals surface area contributed by atoms with E-state index in [2.05, 4.69) is 15.1 Å². The Bertz CT molecular complexity index is 753. The number of hydrogen-bond acceptors (Lipinski definition) is 4. The lowest BCUT2D eigenvalue weighted by Crippen LogP contribution is -1.99. The van der Waals surface area contributed by atoms with Crippen LogP contribution in [0.4, 0.5) is 0 Å². The predicted molar refractivity (Wildman–Crippen MR) is 71.5 cm³/mol. The summed E-state index contributed by atoms with van der Waals surface area (Å²) in [5, 5.41) is 13.2. The summed E-state index contributed by atoms with van der Waals surface area (Å²) in [4.78, 5) is 19.2. The van der Waals surface area contributed by atoms with Crippen LogP contribution in [-0.4, -0.2) is 30.8 Å². The smallest absolute Gasteiger partial charge is 0.335 e. The van der Waals surface area contributed by atoms with E-state index in [4.69, 9.17) is 5.11 Å². The molecule has 98 valence electrons. The number of rotatable bonds is 3. The Morgan fingerprint density at radius 1 is 1.20 bits per heavy atom. The standard InChI is InChI=1S/C14H10N4O2/c19-14(20)10-2-1-3-12(6-10)18-9-11(7-17-18)13-8-15-4-5-16-13/h1-9H,(H,19,20). The highest BCUT2D eigenvalue weighted by molar-refractivity contribution is 5.88. The third-order valence-electron chi connectivity index (χ3n) is 2.80. The number of aromatic carboxylic acids is 1. The largest absolute Gasteiger partial charge is 0.478 e. The second kappa shape index (κ2) is 4.93. The molecule has 6 heteroatoms. The molecule has 0 atom stereocenters. The van der Waals surface area contributed by atoms with Crippen molar-refractivity contribution in [2.45, 2.75) is 0 Å². The molecule has 2 heterocycles. The first kappa shape index (κ1) is 12.0. The van der Waals surface area contributed by atoms with Gasteiger partial charge in [-0.3, -0.25) is 9.97 Å². The van der Waals surface area contributed by atoms with Crippen LogP contribution in [0.3, 0.4) is 0 Å². The van der Waals surface area contributed by atoms with Gasteiger partial charge in [0.15, 0.2) is 0 Å². The van der Waals surface area contributed by atoms with Crippen molar-refractivity contribution in [3.05, 3.63) is 60.8 Å². The van der Waals surface area contributed by atoms with Crippen LogP contribution in [0.25, 0.3) is 16.9 Å². The molecule has 3 aromatic rings. The molecule has 3 rings (SSSR count). The molecule has 0 aliphatic heterocycles. The quantitative estimate of drug-likeness (QED) is 0.784. The Morgan fingerprint density at radius 2 is 2.10 bits per heavy atom. The van der Waals surface area contributed by atoms with Crippen molar-refractivity contribution >= 4 is 5.97 Å². The average molecular weight is 266 g/mol. The topological polar surface area (TPSA) is 80.9 Å². The summed E-state index contributed by atoms with van der Waals surface area (Å²) in [6.45, 7) is 0. The van der Waals surface area contributed by atoms with Gasteiger partial charge in [-0.1, -0.05) is 6.07 Å². The van der Waals surface area contributed by atoms with Crippen LogP contribution in [-0.2, 0) is 0 Å². The molecule has 0 saturated heterocycles. The molecule has 20 heavy (non-hydrogen) atoms. The maximum absolute atomic E-state index is 11.0. The van der Waals surface area contributed by atoms with Crippen LogP contribution >= 0.6 is 0 Å². The van der Waals surface area contributed by atoms with E-state index in [1.807, 2.05) is 0 Å². The first-order valence-corrected chi connectivity index (χ1v) is 5.89. The Hall–Kier alpha value is -3.02. The van der Waals surface area contributed by atoms with Crippen molar-refractivity contribution in [1.82, 2.24) is 19.7 Å². The van der Waals surface area contributed by atoms with Gasteiger partial charge >= 0.3 is 5.97 Å². The summed E-state index contributed by atoms with van der Waals surface area (Å²) >= 11 is 0. The van der Waals surface area contributed by atoms with E-state index in [0.717, 1.165) is 5.56 Å². The zero-order valence-electron chi connectivity index (χ0n) is 10.3. The summed E-state index contributed by atoms with van der Waals surface area (Å²) < 4.78 is 1.61. The zero-order valence-corrected chi connectivity index (χ0v) is 10.3. The molecular weight excluding hydrogens is 256 g/mol. The van der Waals surface area contributed by atoms with Crippen LogP contribution < -0.4 is 0 Å². The van der Waals surface area contributed by atoms with Gasteiger partial charge < -0.3 is 5.11 Å². The predicted octanol–water partition coefficient (Wildman–Crippen LogP) is 2.03. The summed E-state index contributed by atoms with van der Waals surface area (Å²) in [6.07, 6.45) is 8.30. The van der Waals surface area contributed by atoms with Gasteiger partial charge in [-0.15, -0.1) is 0 Å². The van der Waals surface area contributed by atoms with Gasteiger partial charge in [0.25, 0.3) is 0 Å². The molecule has 1 aromatic carbocycles. The Morgan fingerprint density at radius 3 is 2.85 bits per heavy atom. The second-order valence-electron chi connectivity index (χ2n) is 4.12. The second-order valence-corrected chi connectivity index (χ2v) is 4.12. The number of carbonyl (C=O) groups is 1. The molecule has 0 aliphatic carbocycles. The lowest BCUT2D eigenvalue weighted by Gasteiger charge is -2.02. The summed E-state index contributed by atoms with van der Waals surface area (Å²) in [7, 11) is 0. The monoisotopic (exact) mass is 266 g/mol. The highest BCUT2D eigenvalue weighted by Gasteiger charge is 2.07.